The summed E-state index contributed by atoms with van der Waals surface area (Å²) in [5, 5.41) is 0.614. The van der Waals surface area contributed by atoms with Gasteiger partial charge in [0.25, 0.3) is 5.91 Å². The van der Waals surface area contributed by atoms with Crippen molar-refractivity contribution in [3.8, 4) is 0 Å². The number of rotatable bonds is 5. The van der Waals surface area contributed by atoms with E-state index in [9.17, 15) is 9.59 Å². The highest BCUT2D eigenvalue weighted by molar-refractivity contribution is 7.19. The summed E-state index contributed by atoms with van der Waals surface area (Å²) in [5.74, 6) is -1.17. The Balaban J connectivity index is 2.38. The Morgan fingerprint density at radius 2 is 2.19 bits per heavy atom. The highest BCUT2D eigenvalue weighted by Crippen LogP contribution is 2.40. The molecule has 2 rings (SSSR count). The fraction of sp³-hybridized carbons (Fsp3) is 0.538. The molecule has 1 atom stereocenters. The lowest BCUT2D eigenvalue weighted by molar-refractivity contribution is 0.0533. The molecule has 0 radical (unpaired) electrons. The van der Waals surface area contributed by atoms with Crippen molar-refractivity contribution in [3.05, 3.63) is 10.4 Å². The second-order valence-corrected chi connectivity index (χ2v) is 5.70. The topological polar surface area (TPSA) is 108 Å². The van der Waals surface area contributed by atoms with Crippen LogP contribution >= 0.6 is 11.3 Å². The van der Waals surface area contributed by atoms with Gasteiger partial charge in [0, 0.05) is 20.2 Å². The molecule has 21 heavy (non-hydrogen) atoms. The van der Waals surface area contributed by atoms with Crippen LogP contribution in [0.1, 0.15) is 33.4 Å². The minimum Gasteiger partial charge on any atom is -0.462 e. The number of thiophene rings is 1. The second-order valence-electron chi connectivity index (χ2n) is 4.70. The monoisotopic (exact) mass is 313 g/mol. The minimum absolute atomic E-state index is 0.0973. The maximum absolute atomic E-state index is 11.9. The van der Waals surface area contributed by atoms with Gasteiger partial charge in [0.2, 0.25) is 0 Å². The SMILES string of the molecule is CCOC(=O)c1sc(N2CCC(OC)C2)c(C(N)=O)c1N. The first kappa shape index (κ1) is 15.6. The van der Waals surface area contributed by atoms with Crippen molar-refractivity contribution in [3.63, 3.8) is 0 Å². The quantitative estimate of drug-likeness (QED) is 0.780. The number of methoxy groups -OCH3 is 1. The molecule has 0 spiro atoms. The number of nitrogens with two attached hydrogens (primary N) is 2. The molecule has 2 heterocycles. The van der Waals surface area contributed by atoms with Crippen LogP contribution in [0.25, 0.3) is 0 Å². The Morgan fingerprint density at radius 3 is 2.71 bits per heavy atom. The molecule has 1 saturated heterocycles. The van der Waals surface area contributed by atoms with E-state index in [0.29, 0.717) is 11.5 Å². The van der Waals surface area contributed by atoms with E-state index in [2.05, 4.69) is 0 Å². The largest absolute Gasteiger partial charge is 0.462 e. The number of hydrogen-bond donors (Lipinski definition) is 2. The number of ether oxygens (including phenoxy) is 2. The third kappa shape index (κ3) is 2.96. The molecule has 8 heteroatoms. The normalized spacial score (nSPS) is 18.0. The lowest BCUT2D eigenvalue weighted by Crippen LogP contribution is -2.24. The summed E-state index contributed by atoms with van der Waals surface area (Å²) in [5.41, 5.74) is 11.6. The van der Waals surface area contributed by atoms with Crippen molar-refractivity contribution in [2.24, 2.45) is 5.73 Å². The number of amides is 1. The van der Waals surface area contributed by atoms with Gasteiger partial charge in [-0.3, -0.25) is 4.79 Å². The third-order valence-corrected chi connectivity index (χ3v) is 4.65. The van der Waals surface area contributed by atoms with Crippen LogP contribution < -0.4 is 16.4 Å². The van der Waals surface area contributed by atoms with Gasteiger partial charge in [0.1, 0.15) is 9.88 Å². The Hall–Kier alpha value is -1.80. The molecule has 1 aliphatic rings. The van der Waals surface area contributed by atoms with Gasteiger partial charge in [0.05, 0.1) is 24.0 Å². The maximum atomic E-state index is 11.9. The summed E-state index contributed by atoms with van der Waals surface area (Å²) in [7, 11) is 1.65. The highest BCUT2D eigenvalue weighted by Gasteiger charge is 2.31. The van der Waals surface area contributed by atoms with Crippen LogP contribution in [-0.4, -0.2) is 44.8 Å². The lowest BCUT2D eigenvalue weighted by Gasteiger charge is -2.17. The summed E-state index contributed by atoms with van der Waals surface area (Å²) in [4.78, 5) is 25.8. The third-order valence-electron chi connectivity index (χ3n) is 3.40. The summed E-state index contributed by atoms with van der Waals surface area (Å²) in [6.45, 7) is 3.31. The van der Waals surface area contributed by atoms with Gasteiger partial charge in [-0.15, -0.1) is 11.3 Å². The van der Waals surface area contributed by atoms with Crippen molar-refractivity contribution < 1.29 is 19.1 Å². The Bertz CT molecular complexity index is 558. The molecule has 0 saturated carbocycles. The van der Waals surface area contributed by atoms with Crippen molar-refractivity contribution >= 4 is 33.9 Å². The first-order valence-electron chi connectivity index (χ1n) is 6.66. The molecule has 0 bridgehead atoms. The van der Waals surface area contributed by atoms with E-state index in [-0.39, 0.29) is 28.8 Å². The molecule has 0 aromatic carbocycles. The number of carbonyl (C=O) groups is 2. The second kappa shape index (κ2) is 6.31. The number of anilines is 2. The van der Waals surface area contributed by atoms with Crippen molar-refractivity contribution in [1.82, 2.24) is 0 Å². The zero-order valence-electron chi connectivity index (χ0n) is 12.0. The van der Waals surface area contributed by atoms with E-state index in [1.54, 1.807) is 14.0 Å². The van der Waals surface area contributed by atoms with Crippen LogP contribution in [0.2, 0.25) is 0 Å². The molecule has 116 valence electrons. The smallest absolute Gasteiger partial charge is 0.350 e. The van der Waals surface area contributed by atoms with Crippen molar-refractivity contribution in [2.45, 2.75) is 19.4 Å². The molecule has 0 aliphatic carbocycles. The minimum atomic E-state index is -0.643. The molecule has 1 aromatic rings. The molecular weight excluding hydrogens is 294 g/mol. The average Bonchev–Trinajstić information content (AvgIpc) is 3.02. The Kier molecular flexibility index (Phi) is 4.69. The van der Waals surface area contributed by atoms with Crippen LogP contribution in [0, 0.1) is 0 Å². The van der Waals surface area contributed by atoms with Gasteiger partial charge >= 0.3 is 5.97 Å². The van der Waals surface area contributed by atoms with Gasteiger partial charge in [-0.2, -0.15) is 0 Å². The van der Waals surface area contributed by atoms with Crippen LogP contribution in [0.15, 0.2) is 0 Å². The number of esters is 1. The molecule has 1 unspecified atom stereocenters. The number of carbonyl (C=O) groups excluding carboxylic acids is 2. The highest BCUT2D eigenvalue weighted by atomic mass is 32.1. The molecule has 7 nitrogen and oxygen atoms in total. The zero-order chi connectivity index (χ0) is 15.6. The lowest BCUT2D eigenvalue weighted by atomic mass is 10.2. The predicted octanol–water partition coefficient (Wildman–Crippen LogP) is 0.831. The number of hydrogen-bond acceptors (Lipinski definition) is 7. The number of primary amides is 1. The van der Waals surface area contributed by atoms with Gasteiger partial charge in [-0.1, -0.05) is 0 Å². The summed E-state index contributed by atoms with van der Waals surface area (Å²) < 4.78 is 10.3. The molecule has 4 N–H and O–H groups in total. The maximum Gasteiger partial charge on any atom is 0.350 e. The summed E-state index contributed by atoms with van der Waals surface area (Å²) in [6, 6.07) is 0. The predicted molar refractivity (Wildman–Crippen MR) is 80.8 cm³/mol. The van der Waals surface area contributed by atoms with E-state index in [1.165, 1.54) is 0 Å². The van der Waals surface area contributed by atoms with E-state index < -0.39 is 11.9 Å². The standard InChI is InChI=1S/C13H19N3O4S/c1-3-20-13(18)10-9(14)8(11(15)17)12(21-10)16-5-4-7(6-16)19-2/h7H,3-6,14H2,1-2H3,(H2,15,17). The van der Waals surface area contributed by atoms with Gasteiger partial charge in [-0.05, 0) is 13.3 Å². The van der Waals surface area contributed by atoms with Crippen molar-refractivity contribution in [1.29, 1.82) is 0 Å². The van der Waals surface area contributed by atoms with Gasteiger partial charge in [-0.25, -0.2) is 4.79 Å². The van der Waals surface area contributed by atoms with Crippen molar-refractivity contribution in [2.75, 3.05) is 37.4 Å². The average molecular weight is 313 g/mol. The molecular formula is C13H19N3O4S. The zero-order valence-corrected chi connectivity index (χ0v) is 12.9. The van der Waals surface area contributed by atoms with E-state index in [0.717, 1.165) is 24.3 Å². The number of nitrogens with zero attached hydrogens (tertiary/aromatic N) is 1. The van der Waals surface area contributed by atoms with Crippen LogP contribution in [-0.2, 0) is 9.47 Å². The van der Waals surface area contributed by atoms with Gasteiger partial charge < -0.3 is 25.8 Å². The first-order valence-corrected chi connectivity index (χ1v) is 7.48. The van der Waals surface area contributed by atoms with Crippen LogP contribution in [0.4, 0.5) is 10.7 Å². The van der Waals surface area contributed by atoms with Crippen LogP contribution in [0.3, 0.4) is 0 Å². The molecule has 1 aromatic heterocycles. The van der Waals surface area contributed by atoms with Gasteiger partial charge in [0.15, 0.2) is 0 Å². The first-order chi connectivity index (χ1) is 9.99. The van der Waals surface area contributed by atoms with E-state index in [4.69, 9.17) is 20.9 Å². The molecule has 1 amide bonds. The summed E-state index contributed by atoms with van der Waals surface area (Å²) in [6.07, 6.45) is 0.946. The molecule has 1 aliphatic heterocycles. The summed E-state index contributed by atoms with van der Waals surface area (Å²) >= 11 is 1.14. The Labute approximate surface area is 126 Å². The van der Waals surface area contributed by atoms with Crippen LogP contribution in [0.5, 0.6) is 0 Å². The van der Waals surface area contributed by atoms with E-state index >= 15 is 0 Å². The fourth-order valence-electron chi connectivity index (χ4n) is 2.35. The van der Waals surface area contributed by atoms with E-state index in [1.807, 2.05) is 4.90 Å². The molecule has 1 fully saturated rings. The Morgan fingerprint density at radius 1 is 1.48 bits per heavy atom. The number of nitrogen functional groups attached to an aromatic ring is 1. The fourth-order valence-corrected chi connectivity index (χ4v) is 3.50.